The molecule has 0 aliphatic heterocycles. The Kier molecular flexibility index (Phi) is 4.18. The van der Waals surface area contributed by atoms with Crippen molar-refractivity contribution < 1.29 is 8.42 Å². The van der Waals surface area contributed by atoms with Gasteiger partial charge >= 0.3 is 0 Å². The van der Waals surface area contributed by atoms with Crippen LogP contribution < -0.4 is 4.72 Å². The van der Waals surface area contributed by atoms with Crippen molar-refractivity contribution in [2.75, 3.05) is 0 Å². The first-order chi connectivity index (χ1) is 8.72. The normalized spacial score (nSPS) is 12.8. The highest BCUT2D eigenvalue weighted by Gasteiger charge is 2.31. The second kappa shape index (κ2) is 5.25. The summed E-state index contributed by atoms with van der Waals surface area (Å²) in [6, 6.07) is 1.63. The number of rotatable bonds is 4. The number of sulfonamides is 1. The van der Waals surface area contributed by atoms with E-state index in [-0.39, 0.29) is 0 Å². The van der Waals surface area contributed by atoms with Gasteiger partial charge in [-0.1, -0.05) is 0 Å². The van der Waals surface area contributed by atoms with Crippen LogP contribution in [0.1, 0.15) is 23.7 Å². The van der Waals surface area contributed by atoms with Crippen molar-refractivity contribution in [3.8, 4) is 0 Å². The lowest BCUT2D eigenvalue weighted by Gasteiger charge is -2.23. The molecule has 2 aromatic rings. The second-order valence-corrected chi connectivity index (χ2v) is 9.72. The molecule has 2 aromatic heterocycles. The highest BCUT2D eigenvalue weighted by Crippen LogP contribution is 2.31. The van der Waals surface area contributed by atoms with Crippen molar-refractivity contribution in [3.05, 3.63) is 31.3 Å². The lowest BCUT2D eigenvalue weighted by molar-refractivity contribution is 0.470. The number of aromatic nitrogens is 1. The minimum absolute atomic E-state index is 0.314. The third-order valence-corrected chi connectivity index (χ3v) is 7.05. The smallest absolute Gasteiger partial charge is 0.242 e. The van der Waals surface area contributed by atoms with Gasteiger partial charge in [0.1, 0.15) is 5.01 Å². The third kappa shape index (κ3) is 3.25. The standard InChI is InChI=1S/C11H13BrN2O2S3/c1-7-8(6-9(12)18-7)19(15,16)14-11(2,3)10-13-4-5-17-10/h4-6,14H,1-3H3. The highest BCUT2D eigenvalue weighted by atomic mass is 79.9. The van der Waals surface area contributed by atoms with Crippen molar-refractivity contribution >= 4 is 48.6 Å². The quantitative estimate of drug-likeness (QED) is 0.882. The summed E-state index contributed by atoms with van der Waals surface area (Å²) in [5.74, 6) is 0. The average Bonchev–Trinajstić information content (AvgIpc) is 2.86. The largest absolute Gasteiger partial charge is 0.248 e. The SMILES string of the molecule is Cc1sc(Br)cc1S(=O)(=O)NC(C)(C)c1nccs1. The van der Waals surface area contributed by atoms with E-state index in [4.69, 9.17) is 0 Å². The Bertz CT molecular complexity index is 675. The van der Waals surface area contributed by atoms with Crippen LogP contribution in [0.3, 0.4) is 0 Å². The summed E-state index contributed by atoms with van der Waals surface area (Å²) in [5, 5.41) is 2.57. The van der Waals surface area contributed by atoms with Gasteiger partial charge in [-0.3, -0.25) is 0 Å². The van der Waals surface area contributed by atoms with Crippen molar-refractivity contribution in [2.45, 2.75) is 31.2 Å². The third-order valence-electron chi connectivity index (χ3n) is 2.49. The zero-order valence-corrected chi connectivity index (χ0v) is 14.6. The number of aryl methyl sites for hydroxylation is 1. The molecule has 2 heterocycles. The van der Waals surface area contributed by atoms with E-state index < -0.39 is 15.6 Å². The minimum atomic E-state index is -3.56. The molecule has 0 bridgehead atoms. The van der Waals surface area contributed by atoms with E-state index in [1.807, 2.05) is 5.38 Å². The van der Waals surface area contributed by atoms with E-state index in [1.165, 1.54) is 22.7 Å². The van der Waals surface area contributed by atoms with Crippen molar-refractivity contribution in [1.29, 1.82) is 0 Å². The maximum Gasteiger partial charge on any atom is 0.242 e. The molecule has 104 valence electrons. The Morgan fingerprint density at radius 2 is 2.11 bits per heavy atom. The number of halogens is 1. The predicted octanol–water partition coefficient (Wildman–Crippen LogP) is 3.49. The van der Waals surface area contributed by atoms with Crippen molar-refractivity contribution in [2.24, 2.45) is 0 Å². The van der Waals surface area contributed by atoms with Crippen LogP contribution in [0, 0.1) is 6.92 Å². The maximum absolute atomic E-state index is 12.4. The molecule has 4 nitrogen and oxygen atoms in total. The zero-order chi connectivity index (χ0) is 14.3. The fourth-order valence-electron chi connectivity index (χ4n) is 1.66. The summed E-state index contributed by atoms with van der Waals surface area (Å²) in [4.78, 5) is 5.25. The van der Waals surface area contributed by atoms with E-state index in [0.717, 1.165) is 13.7 Å². The molecule has 19 heavy (non-hydrogen) atoms. The Hall–Kier alpha value is -0.280. The van der Waals surface area contributed by atoms with Gasteiger partial charge < -0.3 is 0 Å². The molecule has 0 fully saturated rings. The van der Waals surface area contributed by atoms with E-state index in [2.05, 4.69) is 25.6 Å². The molecule has 0 atom stereocenters. The molecule has 0 spiro atoms. The Morgan fingerprint density at radius 1 is 1.42 bits per heavy atom. The van der Waals surface area contributed by atoms with Gasteiger partial charge in [0.2, 0.25) is 10.0 Å². The number of nitrogens with zero attached hydrogens (tertiary/aromatic N) is 1. The molecule has 1 N–H and O–H groups in total. The molecule has 8 heteroatoms. The summed E-state index contributed by atoms with van der Waals surface area (Å²) in [7, 11) is -3.56. The minimum Gasteiger partial charge on any atom is -0.248 e. The van der Waals surface area contributed by atoms with E-state index in [0.29, 0.717) is 4.90 Å². The van der Waals surface area contributed by atoms with Gasteiger partial charge in [-0.25, -0.2) is 13.4 Å². The van der Waals surface area contributed by atoms with Gasteiger partial charge in [-0.05, 0) is 42.8 Å². The molecule has 0 aliphatic rings. The van der Waals surface area contributed by atoms with Gasteiger partial charge in [-0.2, -0.15) is 4.72 Å². The average molecular weight is 381 g/mol. The first-order valence-corrected chi connectivity index (χ1v) is 9.39. The maximum atomic E-state index is 12.4. The van der Waals surface area contributed by atoms with Crippen molar-refractivity contribution in [1.82, 2.24) is 9.71 Å². The number of thiazole rings is 1. The molecule has 0 amide bonds. The summed E-state index contributed by atoms with van der Waals surface area (Å²) in [5.41, 5.74) is -0.728. The van der Waals surface area contributed by atoms with Crippen LogP contribution in [0.4, 0.5) is 0 Å². The number of thiophene rings is 1. The topological polar surface area (TPSA) is 59.1 Å². The molecule has 0 aromatic carbocycles. The van der Waals surface area contributed by atoms with E-state index >= 15 is 0 Å². The summed E-state index contributed by atoms with van der Waals surface area (Å²) < 4.78 is 28.4. The lowest BCUT2D eigenvalue weighted by atomic mass is 10.1. The molecule has 0 saturated heterocycles. The molecule has 0 aliphatic carbocycles. The van der Waals surface area contributed by atoms with E-state index in [1.54, 1.807) is 33.0 Å². The monoisotopic (exact) mass is 380 g/mol. The van der Waals surface area contributed by atoms with Gasteiger partial charge in [0, 0.05) is 16.5 Å². The molecule has 0 saturated carbocycles. The molecule has 0 radical (unpaired) electrons. The van der Waals surface area contributed by atoms with Crippen LogP contribution in [0.5, 0.6) is 0 Å². The van der Waals surface area contributed by atoms with Crippen LogP contribution in [0.25, 0.3) is 0 Å². The van der Waals surface area contributed by atoms with E-state index in [9.17, 15) is 8.42 Å². The van der Waals surface area contributed by atoms with Crippen LogP contribution in [-0.2, 0) is 15.6 Å². The molecule has 0 unspecified atom stereocenters. The van der Waals surface area contributed by atoms with Crippen LogP contribution in [0.2, 0.25) is 0 Å². The van der Waals surface area contributed by atoms with Gasteiger partial charge in [-0.15, -0.1) is 22.7 Å². The molecular weight excluding hydrogens is 368 g/mol. The Balaban J connectivity index is 2.35. The first-order valence-electron chi connectivity index (χ1n) is 5.42. The summed E-state index contributed by atoms with van der Waals surface area (Å²) in [6.45, 7) is 5.40. The summed E-state index contributed by atoms with van der Waals surface area (Å²) in [6.07, 6.45) is 1.67. The number of hydrogen-bond acceptors (Lipinski definition) is 5. The second-order valence-electron chi connectivity index (χ2n) is 4.54. The first kappa shape index (κ1) is 15.1. The van der Waals surface area contributed by atoms with Crippen LogP contribution >= 0.6 is 38.6 Å². The number of hydrogen-bond donors (Lipinski definition) is 1. The van der Waals surface area contributed by atoms with Crippen molar-refractivity contribution in [3.63, 3.8) is 0 Å². The number of nitrogens with one attached hydrogen (secondary N) is 1. The predicted molar refractivity (Wildman–Crippen MR) is 82.2 cm³/mol. The van der Waals surface area contributed by atoms with Gasteiger partial charge in [0.05, 0.1) is 14.2 Å². The highest BCUT2D eigenvalue weighted by molar-refractivity contribution is 9.11. The lowest BCUT2D eigenvalue weighted by Crippen LogP contribution is -2.40. The molecule has 2 rings (SSSR count). The van der Waals surface area contributed by atoms with Crippen LogP contribution in [0.15, 0.2) is 26.3 Å². The fraction of sp³-hybridized carbons (Fsp3) is 0.364. The Labute approximate surface area is 129 Å². The Morgan fingerprint density at radius 3 is 2.58 bits per heavy atom. The summed E-state index contributed by atoms with van der Waals surface area (Å²) >= 11 is 6.14. The molecular formula is C11H13BrN2O2S3. The van der Waals surface area contributed by atoms with Gasteiger partial charge in [0.25, 0.3) is 0 Å². The van der Waals surface area contributed by atoms with Gasteiger partial charge in [0.15, 0.2) is 0 Å². The fourth-order valence-corrected chi connectivity index (χ4v) is 6.24. The van der Waals surface area contributed by atoms with Crippen LogP contribution in [-0.4, -0.2) is 13.4 Å². The zero-order valence-electron chi connectivity index (χ0n) is 10.6.